The van der Waals surface area contributed by atoms with Gasteiger partial charge in [0.25, 0.3) is 5.56 Å². The molecule has 4 rings (SSSR count). The lowest BCUT2D eigenvalue weighted by molar-refractivity contribution is -0.125. The van der Waals surface area contributed by atoms with Crippen LogP contribution in [-0.2, 0) is 11.3 Å². The zero-order chi connectivity index (χ0) is 23.4. The molecule has 3 aromatic rings. The maximum absolute atomic E-state index is 12.7. The highest BCUT2D eigenvalue weighted by Crippen LogP contribution is 2.23. The van der Waals surface area contributed by atoms with E-state index in [0.717, 1.165) is 29.8 Å². The summed E-state index contributed by atoms with van der Waals surface area (Å²) in [6.45, 7) is 3.88. The van der Waals surface area contributed by atoms with Crippen LogP contribution in [0, 0.1) is 12.8 Å². The molecule has 0 unspecified atom stereocenters. The molecule has 1 amide bonds. The second kappa shape index (κ2) is 10.4. The van der Waals surface area contributed by atoms with E-state index in [9.17, 15) is 9.59 Å². The molecule has 1 aliphatic heterocycles. The van der Waals surface area contributed by atoms with Crippen molar-refractivity contribution >= 4 is 35.1 Å². The van der Waals surface area contributed by atoms with Gasteiger partial charge in [-0.3, -0.25) is 9.59 Å². The maximum atomic E-state index is 12.7. The molecule has 0 saturated carbocycles. The second-order valence-corrected chi connectivity index (χ2v) is 9.49. The lowest BCUT2D eigenvalue weighted by Crippen LogP contribution is -2.41. The summed E-state index contributed by atoms with van der Waals surface area (Å²) in [4.78, 5) is 28.4. The minimum absolute atomic E-state index is 0.0199. The zero-order valence-corrected chi connectivity index (χ0v) is 20.3. The molecule has 172 valence electrons. The molecule has 0 aliphatic carbocycles. The number of nitrogens with zero attached hydrogens (tertiary/aromatic N) is 3. The van der Waals surface area contributed by atoms with Crippen molar-refractivity contribution < 1.29 is 4.79 Å². The van der Waals surface area contributed by atoms with E-state index in [1.165, 1.54) is 15.6 Å². The number of hydrogen-bond donors (Lipinski definition) is 1. The molecular formula is C25H27ClN4O2S. The van der Waals surface area contributed by atoms with Crippen LogP contribution in [-0.4, -0.2) is 35.0 Å². The minimum Gasteiger partial charge on any atom is -0.355 e. The highest BCUT2D eigenvalue weighted by Gasteiger charge is 2.26. The Morgan fingerprint density at radius 1 is 1.12 bits per heavy atom. The number of aromatic nitrogens is 2. The number of nitrogens with one attached hydrogen (secondary N) is 1. The van der Waals surface area contributed by atoms with Crippen molar-refractivity contribution in [1.82, 2.24) is 15.1 Å². The first-order chi connectivity index (χ1) is 15.9. The number of hydrogen-bond acceptors (Lipinski definition) is 5. The van der Waals surface area contributed by atoms with Gasteiger partial charge in [-0.2, -0.15) is 4.68 Å². The van der Waals surface area contributed by atoms with E-state index >= 15 is 0 Å². The topological polar surface area (TPSA) is 67.2 Å². The molecule has 2 heterocycles. The van der Waals surface area contributed by atoms with Gasteiger partial charge < -0.3 is 10.2 Å². The summed E-state index contributed by atoms with van der Waals surface area (Å²) in [6.07, 6.45) is 3.54. The van der Waals surface area contributed by atoms with Gasteiger partial charge in [-0.1, -0.05) is 29.8 Å². The third kappa shape index (κ3) is 5.60. The second-order valence-electron chi connectivity index (χ2n) is 8.20. The quantitative estimate of drug-likeness (QED) is 0.526. The Bertz CT molecular complexity index is 1190. The Balaban J connectivity index is 1.36. The molecular weight excluding hydrogens is 456 g/mol. The van der Waals surface area contributed by atoms with E-state index < -0.39 is 0 Å². The SMILES string of the molecule is CSc1ccc(CNC(=O)C2CCN(c3ccc(=O)n(-c4ccc(C)c(Cl)c4)n3)CC2)cc1. The highest BCUT2D eigenvalue weighted by atomic mass is 35.5. The van der Waals surface area contributed by atoms with Gasteiger partial charge in [0.2, 0.25) is 5.91 Å². The van der Waals surface area contributed by atoms with E-state index in [1.54, 1.807) is 23.9 Å². The lowest BCUT2D eigenvalue weighted by Gasteiger charge is -2.32. The van der Waals surface area contributed by atoms with E-state index in [1.807, 2.05) is 25.3 Å². The van der Waals surface area contributed by atoms with Crippen LogP contribution >= 0.6 is 23.4 Å². The van der Waals surface area contributed by atoms with E-state index in [0.29, 0.717) is 30.3 Å². The number of thioether (sulfide) groups is 1. The molecule has 1 N–H and O–H groups in total. The molecule has 8 heteroatoms. The molecule has 1 aromatic heterocycles. The Labute approximate surface area is 203 Å². The molecule has 0 atom stereocenters. The van der Waals surface area contributed by atoms with Crippen molar-refractivity contribution in [3.05, 3.63) is 81.1 Å². The molecule has 6 nitrogen and oxygen atoms in total. The summed E-state index contributed by atoms with van der Waals surface area (Å²) in [7, 11) is 0. The molecule has 0 radical (unpaired) electrons. The van der Waals surface area contributed by atoms with Crippen LogP contribution < -0.4 is 15.8 Å². The van der Waals surface area contributed by atoms with Crippen molar-refractivity contribution in [2.75, 3.05) is 24.2 Å². The lowest BCUT2D eigenvalue weighted by atomic mass is 9.96. The molecule has 0 spiro atoms. The van der Waals surface area contributed by atoms with Crippen molar-refractivity contribution in [1.29, 1.82) is 0 Å². The number of rotatable bonds is 6. The molecule has 33 heavy (non-hydrogen) atoms. The van der Waals surface area contributed by atoms with Gasteiger partial charge in [0.15, 0.2) is 0 Å². The Morgan fingerprint density at radius 2 is 1.85 bits per heavy atom. The number of carbonyl (C=O) groups excluding carboxylic acids is 1. The van der Waals surface area contributed by atoms with Gasteiger partial charge in [-0.25, -0.2) is 0 Å². The molecule has 2 aromatic carbocycles. The molecule has 1 saturated heterocycles. The maximum Gasteiger partial charge on any atom is 0.271 e. The Kier molecular flexibility index (Phi) is 7.40. The van der Waals surface area contributed by atoms with Gasteiger partial charge >= 0.3 is 0 Å². The monoisotopic (exact) mass is 482 g/mol. The number of aryl methyl sites for hydroxylation is 1. The number of halogens is 1. The zero-order valence-electron chi connectivity index (χ0n) is 18.8. The molecule has 1 aliphatic rings. The third-order valence-corrected chi connectivity index (χ3v) is 7.15. The Morgan fingerprint density at radius 3 is 2.52 bits per heavy atom. The first-order valence-electron chi connectivity index (χ1n) is 11.0. The van der Waals surface area contributed by atoms with Crippen molar-refractivity contribution in [3.8, 4) is 5.69 Å². The molecule has 0 bridgehead atoms. The summed E-state index contributed by atoms with van der Waals surface area (Å²) >= 11 is 7.94. The first-order valence-corrected chi connectivity index (χ1v) is 12.6. The van der Waals surface area contributed by atoms with Crippen molar-refractivity contribution in [2.24, 2.45) is 5.92 Å². The standard InChI is InChI=1S/C25H27ClN4O2S/c1-17-3-6-20(15-22(17)26)30-24(31)10-9-23(28-30)29-13-11-19(12-14-29)25(32)27-16-18-4-7-21(33-2)8-5-18/h3-10,15,19H,11-14,16H2,1-2H3,(H,27,32). The summed E-state index contributed by atoms with van der Waals surface area (Å²) in [5, 5.41) is 8.23. The van der Waals surface area contributed by atoms with Crippen LogP contribution in [0.5, 0.6) is 0 Å². The fraction of sp³-hybridized carbons (Fsp3) is 0.320. The van der Waals surface area contributed by atoms with Gasteiger partial charge in [0.1, 0.15) is 5.82 Å². The van der Waals surface area contributed by atoms with Crippen LogP contribution in [0.2, 0.25) is 5.02 Å². The minimum atomic E-state index is -0.210. The van der Waals surface area contributed by atoms with Crippen LogP contribution in [0.25, 0.3) is 5.69 Å². The Hall–Kier alpha value is -2.77. The van der Waals surface area contributed by atoms with Gasteiger partial charge in [-0.05, 0) is 67.5 Å². The average molecular weight is 483 g/mol. The normalized spacial score (nSPS) is 14.3. The number of anilines is 1. The van der Waals surface area contributed by atoms with Crippen molar-refractivity contribution in [2.45, 2.75) is 31.2 Å². The predicted molar refractivity (Wildman–Crippen MR) is 135 cm³/mol. The van der Waals surface area contributed by atoms with Crippen LogP contribution in [0.4, 0.5) is 5.82 Å². The van der Waals surface area contributed by atoms with Crippen LogP contribution in [0.3, 0.4) is 0 Å². The number of amides is 1. The van der Waals surface area contributed by atoms with Crippen LogP contribution in [0.15, 0.2) is 64.3 Å². The van der Waals surface area contributed by atoms with Crippen molar-refractivity contribution in [3.63, 3.8) is 0 Å². The van der Waals surface area contributed by atoms with E-state index in [2.05, 4.69) is 39.6 Å². The fourth-order valence-electron chi connectivity index (χ4n) is 3.92. The average Bonchev–Trinajstić information content (AvgIpc) is 2.85. The highest BCUT2D eigenvalue weighted by molar-refractivity contribution is 7.98. The largest absolute Gasteiger partial charge is 0.355 e. The smallest absolute Gasteiger partial charge is 0.271 e. The van der Waals surface area contributed by atoms with Crippen LogP contribution in [0.1, 0.15) is 24.0 Å². The molecule has 1 fully saturated rings. The van der Waals surface area contributed by atoms with Gasteiger partial charge in [-0.15, -0.1) is 16.9 Å². The number of benzene rings is 2. The fourth-order valence-corrected chi connectivity index (χ4v) is 4.50. The number of piperidine rings is 1. The first kappa shape index (κ1) is 23.4. The van der Waals surface area contributed by atoms with Gasteiger partial charge in [0.05, 0.1) is 5.69 Å². The summed E-state index contributed by atoms with van der Waals surface area (Å²) in [6, 6.07) is 17.0. The third-order valence-electron chi connectivity index (χ3n) is 6.00. The summed E-state index contributed by atoms with van der Waals surface area (Å²) in [5.74, 6) is 0.795. The van der Waals surface area contributed by atoms with Gasteiger partial charge in [0, 0.05) is 41.5 Å². The van der Waals surface area contributed by atoms with E-state index in [-0.39, 0.29) is 17.4 Å². The van der Waals surface area contributed by atoms with E-state index in [4.69, 9.17) is 11.6 Å². The summed E-state index contributed by atoms with van der Waals surface area (Å²) < 4.78 is 1.38. The predicted octanol–water partition coefficient (Wildman–Crippen LogP) is 4.45. The summed E-state index contributed by atoms with van der Waals surface area (Å²) in [5.41, 5.74) is 2.47. The number of carbonyl (C=O) groups is 1.